The van der Waals surface area contributed by atoms with E-state index in [1.165, 1.54) is 5.56 Å². The van der Waals surface area contributed by atoms with Crippen molar-refractivity contribution in [1.29, 1.82) is 0 Å². The molecule has 0 aliphatic carbocycles. The molecule has 1 atom stereocenters. The first-order valence-corrected chi connectivity index (χ1v) is 8.78. The second kappa shape index (κ2) is 8.34. The van der Waals surface area contributed by atoms with Crippen LogP contribution >= 0.6 is 0 Å². The van der Waals surface area contributed by atoms with E-state index in [1.807, 2.05) is 73.7 Å². The molecule has 0 spiro atoms. The van der Waals surface area contributed by atoms with Crippen LogP contribution in [-0.2, 0) is 11.2 Å². The van der Waals surface area contributed by atoms with Crippen LogP contribution in [0.25, 0.3) is 0 Å². The van der Waals surface area contributed by atoms with Crippen molar-refractivity contribution < 1.29 is 9.53 Å². The fourth-order valence-corrected chi connectivity index (χ4v) is 2.72. The second-order valence-corrected chi connectivity index (χ2v) is 6.38. The first kappa shape index (κ1) is 17.7. The maximum absolute atomic E-state index is 12.6. The highest BCUT2D eigenvalue weighted by atomic mass is 16.5. The number of hydrogen-bond acceptors (Lipinski definition) is 2. The van der Waals surface area contributed by atoms with Gasteiger partial charge in [-0.25, -0.2) is 0 Å². The highest BCUT2D eigenvalue weighted by Gasteiger charge is 2.16. The number of hydrogen-bond donors (Lipinski definition) is 1. The first-order chi connectivity index (χ1) is 12.6. The third kappa shape index (κ3) is 4.73. The van der Waals surface area contributed by atoms with E-state index in [0.29, 0.717) is 5.75 Å². The van der Waals surface area contributed by atoms with Gasteiger partial charge in [-0.1, -0.05) is 66.2 Å². The Bertz CT molecular complexity index is 857. The zero-order valence-electron chi connectivity index (χ0n) is 15.1. The van der Waals surface area contributed by atoms with E-state index >= 15 is 0 Å². The van der Waals surface area contributed by atoms with E-state index < -0.39 is 6.10 Å². The lowest BCUT2D eigenvalue weighted by molar-refractivity contribution is -0.122. The molecule has 3 aromatic carbocycles. The number of carbonyl (C=O) groups is 1. The van der Waals surface area contributed by atoms with Crippen LogP contribution in [0.4, 0.5) is 5.69 Å². The van der Waals surface area contributed by atoms with Crippen molar-refractivity contribution in [1.82, 2.24) is 0 Å². The van der Waals surface area contributed by atoms with Gasteiger partial charge in [0.2, 0.25) is 0 Å². The van der Waals surface area contributed by atoms with Gasteiger partial charge in [-0.2, -0.15) is 0 Å². The summed E-state index contributed by atoms with van der Waals surface area (Å²) in [6.07, 6.45) is 0.187. The van der Waals surface area contributed by atoms with Crippen LogP contribution in [0.15, 0.2) is 78.9 Å². The van der Waals surface area contributed by atoms with Crippen molar-refractivity contribution in [2.24, 2.45) is 0 Å². The SMILES string of the molecule is Cc1ccc(OC(C)C(=O)Nc2ccccc2Cc2ccccc2)cc1. The largest absolute Gasteiger partial charge is 0.481 e. The highest BCUT2D eigenvalue weighted by Crippen LogP contribution is 2.20. The fraction of sp³-hybridized carbons (Fsp3) is 0.174. The molecule has 0 aliphatic rings. The molecular formula is C23H23NO2. The minimum absolute atomic E-state index is 0.161. The summed E-state index contributed by atoms with van der Waals surface area (Å²) in [5.41, 5.74) is 4.26. The lowest BCUT2D eigenvalue weighted by atomic mass is 10.0. The van der Waals surface area contributed by atoms with Crippen LogP contribution in [0.1, 0.15) is 23.6 Å². The Morgan fingerprint density at radius 2 is 1.58 bits per heavy atom. The molecule has 1 unspecified atom stereocenters. The highest BCUT2D eigenvalue weighted by molar-refractivity contribution is 5.94. The van der Waals surface area contributed by atoms with E-state index in [1.54, 1.807) is 6.92 Å². The van der Waals surface area contributed by atoms with Gasteiger partial charge in [0.15, 0.2) is 6.10 Å². The molecule has 3 heteroatoms. The Kier molecular flexibility index (Phi) is 5.69. The molecule has 0 fully saturated rings. The van der Waals surface area contributed by atoms with Crippen molar-refractivity contribution in [3.8, 4) is 5.75 Å². The summed E-state index contributed by atoms with van der Waals surface area (Å²) in [7, 11) is 0. The van der Waals surface area contributed by atoms with E-state index in [-0.39, 0.29) is 5.91 Å². The molecule has 3 aromatic rings. The van der Waals surface area contributed by atoms with Gasteiger partial charge in [-0.15, -0.1) is 0 Å². The third-order valence-electron chi connectivity index (χ3n) is 4.22. The van der Waals surface area contributed by atoms with Gasteiger partial charge < -0.3 is 10.1 Å². The zero-order chi connectivity index (χ0) is 18.4. The van der Waals surface area contributed by atoms with E-state index in [0.717, 1.165) is 23.2 Å². The number of aryl methyl sites for hydroxylation is 1. The van der Waals surface area contributed by atoms with Crippen LogP contribution in [0, 0.1) is 6.92 Å². The summed E-state index contributed by atoms with van der Waals surface area (Å²) in [5.74, 6) is 0.530. The van der Waals surface area contributed by atoms with Crippen LogP contribution < -0.4 is 10.1 Å². The minimum atomic E-state index is -0.581. The molecule has 3 nitrogen and oxygen atoms in total. The number of nitrogens with one attached hydrogen (secondary N) is 1. The molecule has 26 heavy (non-hydrogen) atoms. The van der Waals surface area contributed by atoms with Crippen LogP contribution in [-0.4, -0.2) is 12.0 Å². The Hall–Kier alpha value is -3.07. The van der Waals surface area contributed by atoms with E-state index in [9.17, 15) is 4.79 Å². The standard InChI is InChI=1S/C23H23NO2/c1-17-12-14-21(15-13-17)26-18(2)23(25)24-22-11-7-6-10-20(22)16-19-8-4-3-5-9-19/h3-15,18H,16H2,1-2H3,(H,24,25). The topological polar surface area (TPSA) is 38.3 Å². The maximum Gasteiger partial charge on any atom is 0.265 e. The molecule has 0 bridgehead atoms. The summed E-state index contributed by atoms with van der Waals surface area (Å²) < 4.78 is 5.75. The first-order valence-electron chi connectivity index (χ1n) is 8.78. The average molecular weight is 345 g/mol. The van der Waals surface area contributed by atoms with Crippen molar-refractivity contribution in [3.63, 3.8) is 0 Å². The molecule has 1 amide bonds. The van der Waals surface area contributed by atoms with Gasteiger partial charge in [0.1, 0.15) is 5.75 Å². The number of amides is 1. The summed E-state index contributed by atoms with van der Waals surface area (Å²) in [6.45, 7) is 3.78. The minimum Gasteiger partial charge on any atom is -0.481 e. The molecule has 1 N–H and O–H groups in total. The zero-order valence-corrected chi connectivity index (χ0v) is 15.1. The molecule has 0 aromatic heterocycles. The number of ether oxygens (including phenoxy) is 1. The smallest absolute Gasteiger partial charge is 0.265 e. The van der Waals surface area contributed by atoms with Gasteiger partial charge in [-0.3, -0.25) is 4.79 Å². The summed E-state index contributed by atoms with van der Waals surface area (Å²) in [4.78, 5) is 12.6. The molecule has 0 radical (unpaired) electrons. The molecule has 132 valence electrons. The predicted molar refractivity (Wildman–Crippen MR) is 106 cm³/mol. The number of anilines is 1. The van der Waals surface area contributed by atoms with Crippen molar-refractivity contribution in [2.75, 3.05) is 5.32 Å². The Labute approximate surface area is 154 Å². The van der Waals surface area contributed by atoms with Gasteiger partial charge in [0.25, 0.3) is 5.91 Å². The Balaban J connectivity index is 1.68. The molecule has 0 saturated carbocycles. The lowest BCUT2D eigenvalue weighted by Crippen LogP contribution is -2.30. The molecular weight excluding hydrogens is 322 g/mol. The van der Waals surface area contributed by atoms with Crippen LogP contribution in [0.2, 0.25) is 0 Å². The average Bonchev–Trinajstić information content (AvgIpc) is 2.66. The fourth-order valence-electron chi connectivity index (χ4n) is 2.72. The maximum atomic E-state index is 12.6. The third-order valence-corrected chi connectivity index (χ3v) is 4.22. The van der Waals surface area contributed by atoms with Crippen LogP contribution in [0.5, 0.6) is 5.75 Å². The Morgan fingerprint density at radius 3 is 2.31 bits per heavy atom. The molecule has 0 saturated heterocycles. The normalized spacial score (nSPS) is 11.6. The van der Waals surface area contributed by atoms with Crippen molar-refractivity contribution in [3.05, 3.63) is 95.6 Å². The van der Waals surface area contributed by atoms with Crippen molar-refractivity contribution in [2.45, 2.75) is 26.4 Å². The monoisotopic (exact) mass is 345 g/mol. The van der Waals surface area contributed by atoms with Gasteiger partial charge in [-0.05, 0) is 49.6 Å². The molecule has 0 aliphatic heterocycles. The van der Waals surface area contributed by atoms with E-state index in [4.69, 9.17) is 4.74 Å². The predicted octanol–water partition coefficient (Wildman–Crippen LogP) is 4.99. The summed E-state index contributed by atoms with van der Waals surface area (Å²) >= 11 is 0. The lowest BCUT2D eigenvalue weighted by Gasteiger charge is -2.17. The van der Waals surface area contributed by atoms with Crippen molar-refractivity contribution >= 4 is 11.6 Å². The summed E-state index contributed by atoms with van der Waals surface area (Å²) in [6, 6.07) is 25.8. The molecule has 0 heterocycles. The summed E-state index contributed by atoms with van der Waals surface area (Å²) in [5, 5.41) is 3.00. The molecule has 3 rings (SSSR count). The second-order valence-electron chi connectivity index (χ2n) is 6.38. The van der Waals surface area contributed by atoms with Gasteiger partial charge >= 0.3 is 0 Å². The quantitative estimate of drug-likeness (QED) is 0.683. The number of para-hydroxylation sites is 1. The van der Waals surface area contributed by atoms with Crippen LogP contribution in [0.3, 0.4) is 0 Å². The number of carbonyl (C=O) groups excluding carboxylic acids is 1. The van der Waals surface area contributed by atoms with E-state index in [2.05, 4.69) is 17.4 Å². The Morgan fingerprint density at radius 1 is 0.923 bits per heavy atom. The number of benzene rings is 3. The van der Waals surface area contributed by atoms with Gasteiger partial charge in [0.05, 0.1) is 0 Å². The number of rotatable bonds is 6. The van der Waals surface area contributed by atoms with Gasteiger partial charge in [0, 0.05) is 5.69 Å².